The quantitative estimate of drug-likeness (QED) is 0.704. The van der Waals surface area contributed by atoms with Crippen LogP contribution in [0.15, 0.2) is 24.3 Å². The van der Waals surface area contributed by atoms with E-state index in [2.05, 4.69) is 31.0 Å². The molecule has 0 aliphatic carbocycles. The highest BCUT2D eigenvalue weighted by Crippen LogP contribution is 2.13. The summed E-state index contributed by atoms with van der Waals surface area (Å²) >= 11 is 0. The number of likely N-dealkylation sites (N-methyl/N-ethyl adjacent to an activating group) is 1. The van der Waals surface area contributed by atoms with Crippen LogP contribution in [0.3, 0.4) is 0 Å². The third-order valence-corrected chi connectivity index (χ3v) is 2.65. The van der Waals surface area contributed by atoms with Crippen molar-refractivity contribution in [2.45, 2.75) is 26.3 Å². The Hall–Kier alpha value is -1.06. The van der Waals surface area contributed by atoms with E-state index in [9.17, 15) is 0 Å². The average Bonchev–Trinajstić information content (AvgIpc) is 2.32. The molecule has 0 aromatic heterocycles. The minimum absolute atomic E-state index is 0.703. The second kappa shape index (κ2) is 8.09. The summed E-state index contributed by atoms with van der Waals surface area (Å²) in [7, 11) is 2.08. The predicted molar refractivity (Wildman–Crippen MR) is 72.2 cm³/mol. The number of nitrogens with two attached hydrogens (primary N) is 1. The lowest BCUT2D eigenvalue weighted by molar-refractivity contribution is 0.308. The standard InChI is InChI=1S/C14H24N2O/c1-3-4-11-17-14-7-5-13(6-8-14)12-16(2)10-9-15/h5-8H,3-4,9-12,15H2,1-2H3. The van der Waals surface area contributed by atoms with E-state index in [1.807, 2.05) is 12.1 Å². The van der Waals surface area contributed by atoms with Gasteiger partial charge in [0, 0.05) is 19.6 Å². The maximum absolute atomic E-state index is 5.62. The zero-order chi connectivity index (χ0) is 12.5. The van der Waals surface area contributed by atoms with E-state index in [1.54, 1.807) is 0 Å². The molecule has 0 saturated carbocycles. The van der Waals surface area contributed by atoms with Gasteiger partial charge in [-0.3, -0.25) is 0 Å². The van der Waals surface area contributed by atoms with Gasteiger partial charge >= 0.3 is 0 Å². The molecule has 0 spiro atoms. The van der Waals surface area contributed by atoms with Crippen LogP contribution >= 0.6 is 0 Å². The topological polar surface area (TPSA) is 38.5 Å². The summed E-state index contributed by atoms with van der Waals surface area (Å²) in [6, 6.07) is 8.32. The maximum atomic E-state index is 5.62. The second-order valence-corrected chi connectivity index (χ2v) is 4.37. The third kappa shape index (κ3) is 5.71. The van der Waals surface area contributed by atoms with Gasteiger partial charge in [-0.15, -0.1) is 0 Å². The van der Waals surface area contributed by atoms with Crippen LogP contribution < -0.4 is 10.5 Å². The Labute approximate surface area is 105 Å². The number of rotatable bonds is 8. The molecule has 0 amide bonds. The summed E-state index contributed by atoms with van der Waals surface area (Å²) in [5.41, 5.74) is 6.81. The fourth-order valence-corrected chi connectivity index (χ4v) is 1.64. The van der Waals surface area contributed by atoms with Gasteiger partial charge in [0.15, 0.2) is 0 Å². The van der Waals surface area contributed by atoms with Crippen LogP contribution in [-0.4, -0.2) is 31.6 Å². The molecule has 3 nitrogen and oxygen atoms in total. The van der Waals surface area contributed by atoms with E-state index in [1.165, 1.54) is 12.0 Å². The Morgan fingerprint density at radius 1 is 1.24 bits per heavy atom. The van der Waals surface area contributed by atoms with Crippen LogP contribution in [0, 0.1) is 0 Å². The van der Waals surface area contributed by atoms with Crippen LogP contribution in [0.25, 0.3) is 0 Å². The predicted octanol–water partition coefficient (Wildman–Crippen LogP) is 2.26. The number of nitrogens with zero attached hydrogens (tertiary/aromatic N) is 1. The molecule has 0 aliphatic rings. The molecule has 0 atom stereocenters. The van der Waals surface area contributed by atoms with Crippen molar-refractivity contribution in [1.82, 2.24) is 4.90 Å². The Morgan fingerprint density at radius 3 is 2.53 bits per heavy atom. The van der Waals surface area contributed by atoms with Gasteiger partial charge in [0.2, 0.25) is 0 Å². The lowest BCUT2D eigenvalue weighted by atomic mass is 10.2. The summed E-state index contributed by atoms with van der Waals surface area (Å²) in [6.45, 7) is 5.54. The molecular weight excluding hydrogens is 212 g/mol. The largest absolute Gasteiger partial charge is 0.494 e. The van der Waals surface area contributed by atoms with Gasteiger partial charge in [0.05, 0.1) is 6.61 Å². The van der Waals surface area contributed by atoms with Gasteiger partial charge in [-0.1, -0.05) is 25.5 Å². The molecule has 0 unspecified atom stereocenters. The Bertz CT molecular complexity index is 298. The number of hydrogen-bond donors (Lipinski definition) is 1. The normalized spacial score (nSPS) is 10.8. The molecule has 17 heavy (non-hydrogen) atoms. The monoisotopic (exact) mass is 236 g/mol. The van der Waals surface area contributed by atoms with E-state index >= 15 is 0 Å². The van der Waals surface area contributed by atoms with Gasteiger partial charge in [0.1, 0.15) is 5.75 Å². The molecule has 0 bridgehead atoms. The zero-order valence-corrected chi connectivity index (χ0v) is 11.0. The number of hydrogen-bond acceptors (Lipinski definition) is 3. The second-order valence-electron chi connectivity index (χ2n) is 4.37. The Kier molecular flexibility index (Phi) is 6.67. The molecule has 96 valence electrons. The van der Waals surface area contributed by atoms with Crippen molar-refractivity contribution in [1.29, 1.82) is 0 Å². The molecule has 0 saturated heterocycles. The highest BCUT2D eigenvalue weighted by Gasteiger charge is 1.99. The first-order valence-electron chi connectivity index (χ1n) is 6.36. The Morgan fingerprint density at radius 2 is 1.94 bits per heavy atom. The molecule has 0 fully saturated rings. The molecule has 1 aromatic rings. The van der Waals surface area contributed by atoms with Gasteiger partial charge < -0.3 is 15.4 Å². The van der Waals surface area contributed by atoms with Crippen molar-refractivity contribution in [3.8, 4) is 5.75 Å². The first kappa shape index (κ1) is 14.0. The average molecular weight is 236 g/mol. The van der Waals surface area contributed by atoms with Crippen LogP contribution in [0.2, 0.25) is 0 Å². The van der Waals surface area contributed by atoms with E-state index in [-0.39, 0.29) is 0 Å². The van der Waals surface area contributed by atoms with E-state index in [4.69, 9.17) is 10.5 Å². The molecule has 0 heterocycles. The molecule has 1 aromatic carbocycles. The summed E-state index contributed by atoms with van der Waals surface area (Å²) < 4.78 is 5.62. The molecule has 3 heteroatoms. The number of unbranched alkanes of at least 4 members (excludes halogenated alkanes) is 1. The van der Waals surface area contributed by atoms with Crippen LogP contribution in [0.4, 0.5) is 0 Å². The van der Waals surface area contributed by atoms with Gasteiger partial charge in [-0.25, -0.2) is 0 Å². The maximum Gasteiger partial charge on any atom is 0.119 e. The first-order valence-corrected chi connectivity index (χ1v) is 6.36. The molecule has 0 aliphatic heterocycles. The summed E-state index contributed by atoms with van der Waals surface area (Å²) in [5, 5.41) is 0. The Balaban J connectivity index is 2.39. The number of benzene rings is 1. The van der Waals surface area contributed by atoms with Gasteiger partial charge in [0.25, 0.3) is 0 Å². The van der Waals surface area contributed by atoms with Crippen molar-refractivity contribution in [3.05, 3.63) is 29.8 Å². The van der Waals surface area contributed by atoms with Gasteiger partial charge in [-0.2, -0.15) is 0 Å². The fourth-order valence-electron chi connectivity index (χ4n) is 1.64. The SMILES string of the molecule is CCCCOc1ccc(CN(C)CCN)cc1. The van der Waals surface area contributed by atoms with Crippen LogP contribution in [0.1, 0.15) is 25.3 Å². The molecule has 0 radical (unpaired) electrons. The molecule has 2 N–H and O–H groups in total. The summed E-state index contributed by atoms with van der Waals surface area (Å²) in [4.78, 5) is 2.22. The van der Waals surface area contributed by atoms with Crippen LogP contribution in [-0.2, 0) is 6.54 Å². The molecule has 1 rings (SSSR count). The van der Waals surface area contributed by atoms with E-state index in [0.29, 0.717) is 6.54 Å². The number of ether oxygens (including phenoxy) is 1. The fraction of sp³-hybridized carbons (Fsp3) is 0.571. The minimum atomic E-state index is 0.703. The summed E-state index contributed by atoms with van der Waals surface area (Å²) in [6.07, 6.45) is 2.28. The first-order chi connectivity index (χ1) is 8.26. The van der Waals surface area contributed by atoms with Crippen molar-refractivity contribution < 1.29 is 4.74 Å². The van der Waals surface area contributed by atoms with Crippen LogP contribution in [0.5, 0.6) is 5.75 Å². The highest BCUT2D eigenvalue weighted by molar-refractivity contribution is 5.27. The van der Waals surface area contributed by atoms with Crippen molar-refractivity contribution in [2.75, 3.05) is 26.7 Å². The summed E-state index contributed by atoms with van der Waals surface area (Å²) in [5.74, 6) is 0.962. The lowest BCUT2D eigenvalue weighted by Crippen LogP contribution is -2.24. The third-order valence-electron chi connectivity index (χ3n) is 2.65. The van der Waals surface area contributed by atoms with E-state index in [0.717, 1.165) is 31.9 Å². The van der Waals surface area contributed by atoms with Gasteiger partial charge in [-0.05, 0) is 31.2 Å². The smallest absolute Gasteiger partial charge is 0.119 e. The van der Waals surface area contributed by atoms with Crippen molar-refractivity contribution >= 4 is 0 Å². The van der Waals surface area contributed by atoms with E-state index < -0.39 is 0 Å². The minimum Gasteiger partial charge on any atom is -0.494 e. The highest BCUT2D eigenvalue weighted by atomic mass is 16.5. The lowest BCUT2D eigenvalue weighted by Gasteiger charge is -2.15. The van der Waals surface area contributed by atoms with Crippen molar-refractivity contribution in [3.63, 3.8) is 0 Å². The zero-order valence-electron chi connectivity index (χ0n) is 11.0. The van der Waals surface area contributed by atoms with Crippen molar-refractivity contribution in [2.24, 2.45) is 5.73 Å². The molecular formula is C14H24N2O.